The van der Waals surface area contributed by atoms with Crippen LogP contribution in [0, 0.1) is 17.8 Å². The normalized spacial score (nSPS) is 24.1. The van der Waals surface area contributed by atoms with Crippen molar-refractivity contribution in [3.63, 3.8) is 0 Å². The van der Waals surface area contributed by atoms with Crippen LogP contribution >= 0.6 is 11.6 Å². The highest BCUT2D eigenvalue weighted by atomic mass is 35.5. The van der Waals surface area contributed by atoms with E-state index in [1.807, 2.05) is 0 Å². The van der Waals surface area contributed by atoms with Gasteiger partial charge in [-0.15, -0.1) is 0 Å². The highest BCUT2D eigenvalue weighted by Gasteiger charge is 2.33. The van der Waals surface area contributed by atoms with Crippen molar-refractivity contribution in [3.8, 4) is 0 Å². The second-order valence-electron chi connectivity index (χ2n) is 6.39. The lowest BCUT2D eigenvalue weighted by Gasteiger charge is -2.36. The van der Waals surface area contributed by atoms with Crippen LogP contribution in [0.25, 0.3) is 0 Å². The Balaban J connectivity index is 2.44. The number of ether oxygens (including phenoxy) is 2. The highest BCUT2D eigenvalue weighted by Crippen LogP contribution is 2.35. The van der Waals surface area contributed by atoms with Gasteiger partial charge in [-0.2, -0.15) is 0 Å². The van der Waals surface area contributed by atoms with Crippen molar-refractivity contribution in [3.05, 3.63) is 0 Å². The van der Waals surface area contributed by atoms with Crippen LogP contribution in [0.3, 0.4) is 0 Å². The van der Waals surface area contributed by atoms with Gasteiger partial charge in [-0.3, -0.25) is 14.4 Å². The van der Waals surface area contributed by atoms with Gasteiger partial charge in [0.1, 0.15) is 6.10 Å². The molecular formula is C16H23ClO6. The lowest BCUT2D eigenvalue weighted by atomic mass is 9.75. The van der Waals surface area contributed by atoms with Crippen LogP contribution < -0.4 is 0 Å². The van der Waals surface area contributed by atoms with Crippen LogP contribution in [-0.2, 0) is 28.7 Å². The molecule has 1 rings (SSSR count). The molecule has 0 saturated heterocycles. The zero-order valence-electron chi connectivity index (χ0n) is 13.7. The van der Waals surface area contributed by atoms with Gasteiger partial charge in [0.05, 0.1) is 12.8 Å². The second-order valence-corrected chi connectivity index (χ2v) is 6.73. The summed E-state index contributed by atoms with van der Waals surface area (Å²) < 4.78 is 9.68. The standard InChI is InChI=1S/C16H23ClO6/c1-9(2)11-5-4-10(3)8-12(11)22-13(18)6-7-14(19)23-16(21)15(17)20/h9-12H,4-8H2,1-3H3/t10-,11+,12-/m1/s1. The van der Waals surface area contributed by atoms with Gasteiger partial charge in [-0.1, -0.05) is 27.2 Å². The van der Waals surface area contributed by atoms with E-state index in [0.29, 0.717) is 17.8 Å². The van der Waals surface area contributed by atoms with E-state index in [2.05, 4.69) is 25.5 Å². The molecule has 0 bridgehead atoms. The molecule has 130 valence electrons. The molecule has 0 heterocycles. The van der Waals surface area contributed by atoms with Gasteiger partial charge in [-0.25, -0.2) is 4.79 Å². The maximum absolute atomic E-state index is 11.9. The molecule has 6 nitrogen and oxygen atoms in total. The minimum absolute atomic E-state index is 0.145. The summed E-state index contributed by atoms with van der Waals surface area (Å²) in [7, 11) is 0. The van der Waals surface area contributed by atoms with Crippen LogP contribution in [0.15, 0.2) is 0 Å². The van der Waals surface area contributed by atoms with E-state index in [1.54, 1.807) is 0 Å². The Morgan fingerprint density at radius 1 is 1.09 bits per heavy atom. The zero-order valence-corrected chi connectivity index (χ0v) is 14.4. The van der Waals surface area contributed by atoms with E-state index >= 15 is 0 Å². The molecule has 1 aliphatic rings. The summed E-state index contributed by atoms with van der Waals surface area (Å²) in [6, 6.07) is 0. The van der Waals surface area contributed by atoms with Gasteiger partial charge in [0.15, 0.2) is 0 Å². The highest BCUT2D eigenvalue weighted by molar-refractivity contribution is 6.80. The number of esters is 3. The summed E-state index contributed by atoms with van der Waals surface area (Å²) >= 11 is 4.87. The molecule has 0 spiro atoms. The number of carbonyl (C=O) groups is 4. The molecule has 0 aromatic carbocycles. The third-order valence-electron chi connectivity index (χ3n) is 4.14. The van der Waals surface area contributed by atoms with Crippen LogP contribution in [0.5, 0.6) is 0 Å². The molecule has 23 heavy (non-hydrogen) atoms. The summed E-state index contributed by atoms with van der Waals surface area (Å²) in [4.78, 5) is 44.5. The Bertz CT molecular complexity index is 473. The Morgan fingerprint density at radius 3 is 2.26 bits per heavy atom. The summed E-state index contributed by atoms with van der Waals surface area (Å²) in [6.45, 7) is 6.34. The second kappa shape index (κ2) is 9.01. The van der Waals surface area contributed by atoms with Gasteiger partial charge >= 0.3 is 23.2 Å². The molecule has 1 saturated carbocycles. The molecular weight excluding hydrogens is 324 g/mol. The van der Waals surface area contributed by atoms with E-state index in [0.717, 1.165) is 19.3 Å². The van der Waals surface area contributed by atoms with E-state index in [1.165, 1.54) is 0 Å². The maximum Gasteiger partial charge on any atom is 0.399 e. The lowest BCUT2D eigenvalue weighted by molar-refractivity contribution is -0.165. The zero-order chi connectivity index (χ0) is 17.6. The fourth-order valence-electron chi connectivity index (χ4n) is 2.88. The van der Waals surface area contributed by atoms with Crippen molar-refractivity contribution in [1.82, 2.24) is 0 Å². The molecule has 0 radical (unpaired) electrons. The fourth-order valence-corrected chi connectivity index (χ4v) is 2.92. The third-order valence-corrected chi connectivity index (χ3v) is 4.30. The molecule has 0 unspecified atom stereocenters. The molecule has 0 amide bonds. The first-order valence-corrected chi connectivity index (χ1v) is 8.22. The maximum atomic E-state index is 11.9. The van der Waals surface area contributed by atoms with Gasteiger partial charge in [0, 0.05) is 0 Å². The smallest absolute Gasteiger partial charge is 0.399 e. The molecule has 1 fully saturated rings. The first-order chi connectivity index (χ1) is 10.7. The Labute approximate surface area is 140 Å². The molecule has 0 aromatic heterocycles. The quantitative estimate of drug-likeness (QED) is 0.318. The van der Waals surface area contributed by atoms with Crippen molar-refractivity contribution >= 4 is 34.8 Å². The number of carbonyl (C=O) groups excluding carboxylic acids is 4. The minimum atomic E-state index is -1.44. The molecule has 0 N–H and O–H groups in total. The first-order valence-electron chi connectivity index (χ1n) is 7.84. The van der Waals surface area contributed by atoms with Gasteiger partial charge in [0.2, 0.25) is 0 Å². The third kappa shape index (κ3) is 6.69. The number of rotatable bonds is 6. The number of hydrogen-bond donors (Lipinski definition) is 0. The molecule has 0 aromatic rings. The Morgan fingerprint density at radius 2 is 1.70 bits per heavy atom. The molecule has 7 heteroatoms. The predicted octanol–water partition coefficient (Wildman–Crippen LogP) is 2.61. The van der Waals surface area contributed by atoms with E-state index in [-0.39, 0.29) is 18.9 Å². The summed E-state index contributed by atoms with van der Waals surface area (Å²) in [5.41, 5.74) is 0. The van der Waals surface area contributed by atoms with Crippen molar-refractivity contribution in [1.29, 1.82) is 0 Å². The van der Waals surface area contributed by atoms with Crippen molar-refractivity contribution in [2.45, 2.75) is 59.0 Å². The topological polar surface area (TPSA) is 86.7 Å². The van der Waals surface area contributed by atoms with Crippen LogP contribution in [-0.4, -0.2) is 29.3 Å². The van der Waals surface area contributed by atoms with Gasteiger partial charge in [-0.05, 0) is 42.2 Å². The van der Waals surface area contributed by atoms with Crippen molar-refractivity contribution in [2.24, 2.45) is 17.8 Å². The van der Waals surface area contributed by atoms with Crippen LogP contribution in [0.1, 0.15) is 52.9 Å². The van der Waals surface area contributed by atoms with Crippen LogP contribution in [0.4, 0.5) is 0 Å². The molecule has 0 aliphatic heterocycles. The minimum Gasteiger partial charge on any atom is -0.462 e. The fraction of sp³-hybridized carbons (Fsp3) is 0.750. The summed E-state index contributed by atoms with van der Waals surface area (Å²) in [5, 5.41) is -1.38. The molecule has 1 aliphatic carbocycles. The molecule has 3 atom stereocenters. The average Bonchev–Trinajstić information content (AvgIpc) is 2.44. The van der Waals surface area contributed by atoms with E-state index in [9.17, 15) is 19.2 Å². The number of halogens is 1. The Hall–Kier alpha value is -1.43. The van der Waals surface area contributed by atoms with Crippen molar-refractivity contribution in [2.75, 3.05) is 0 Å². The van der Waals surface area contributed by atoms with Crippen molar-refractivity contribution < 1.29 is 28.7 Å². The Kier molecular flexibility index (Phi) is 7.68. The summed E-state index contributed by atoms with van der Waals surface area (Å²) in [5.74, 6) is -1.68. The van der Waals surface area contributed by atoms with E-state index in [4.69, 9.17) is 16.3 Å². The number of hydrogen-bond acceptors (Lipinski definition) is 6. The van der Waals surface area contributed by atoms with Gasteiger partial charge in [0.25, 0.3) is 0 Å². The monoisotopic (exact) mass is 346 g/mol. The first kappa shape index (κ1) is 19.6. The van der Waals surface area contributed by atoms with E-state index < -0.39 is 23.2 Å². The lowest BCUT2D eigenvalue weighted by Crippen LogP contribution is -2.36. The average molecular weight is 347 g/mol. The van der Waals surface area contributed by atoms with Gasteiger partial charge < -0.3 is 9.47 Å². The van der Waals surface area contributed by atoms with Crippen LogP contribution in [0.2, 0.25) is 0 Å². The predicted molar refractivity (Wildman–Crippen MR) is 82.4 cm³/mol. The SMILES string of the molecule is CC(C)[C@@H]1CC[C@@H](C)C[C@H]1OC(=O)CCC(=O)OC(=O)C(=O)Cl. The summed E-state index contributed by atoms with van der Waals surface area (Å²) in [6.07, 6.45) is 2.29. The largest absolute Gasteiger partial charge is 0.462 e.